The van der Waals surface area contributed by atoms with Crippen molar-refractivity contribution in [2.75, 3.05) is 12.4 Å². The molecule has 0 amide bonds. The van der Waals surface area contributed by atoms with E-state index >= 15 is 0 Å². The van der Waals surface area contributed by atoms with E-state index in [4.69, 9.17) is 0 Å². The number of hydrogen-bond donors (Lipinski definition) is 1. The van der Waals surface area contributed by atoms with Crippen LogP contribution in [0.2, 0.25) is 0 Å². The van der Waals surface area contributed by atoms with Crippen molar-refractivity contribution in [1.29, 1.82) is 0 Å². The Morgan fingerprint density at radius 1 is 1.67 bits per heavy atom. The Labute approximate surface area is 75.8 Å². The van der Waals surface area contributed by atoms with Crippen LogP contribution in [-0.2, 0) is 11.2 Å². The van der Waals surface area contributed by atoms with Crippen molar-refractivity contribution in [2.24, 2.45) is 0 Å². The van der Waals surface area contributed by atoms with Crippen LogP contribution in [0.1, 0.15) is 17.5 Å². The smallest absolute Gasteiger partial charge is 0.182 e. The molecular weight excluding hydrogens is 172 g/mol. The normalized spacial score (nSPS) is 9.92. The molecule has 0 radical (unpaired) electrons. The van der Waals surface area contributed by atoms with E-state index in [0.29, 0.717) is 6.42 Å². The molecule has 0 bridgehead atoms. The van der Waals surface area contributed by atoms with Gasteiger partial charge in [0.25, 0.3) is 0 Å². The largest absolute Gasteiger partial charge is 0.365 e. The summed E-state index contributed by atoms with van der Waals surface area (Å²) in [5, 5.41) is 3.84. The van der Waals surface area contributed by atoms with Gasteiger partial charge >= 0.3 is 0 Å². The van der Waals surface area contributed by atoms with Crippen LogP contribution in [0.3, 0.4) is 0 Å². The topological polar surface area (TPSA) is 42.0 Å². The van der Waals surface area contributed by atoms with Crippen LogP contribution in [0.5, 0.6) is 0 Å². The predicted octanol–water partition coefficient (Wildman–Crippen LogP) is 1.62. The molecule has 0 saturated heterocycles. The van der Waals surface area contributed by atoms with E-state index in [1.807, 2.05) is 14.0 Å². The van der Waals surface area contributed by atoms with Crippen LogP contribution in [-0.4, -0.2) is 17.8 Å². The van der Waals surface area contributed by atoms with Crippen LogP contribution in [0, 0.1) is 6.92 Å². The Balaban J connectivity index is 2.84. The van der Waals surface area contributed by atoms with Crippen LogP contribution in [0.25, 0.3) is 0 Å². The van der Waals surface area contributed by atoms with Gasteiger partial charge in [-0.15, -0.1) is 11.3 Å². The summed E-state index contributed by atoms with van der Waals surface area (Å²) in [6.07, 6.45) is 0.505. The van der Waals surface area contributed by atoms with Gasteiger partial charge in [-0.05, 0) is 13.8 Å². The third-order valence-corrected chi connectivity index (χ3v) is 2.69. The summed E-state index contributed by atoms with van der Waals surface area (Å²) in [6.45, 7) is 3.52. The number of Topliss-reactive ketones (excluding diaryl/α,β-unsaturated/α-hetero) is 1. The molecule has 1 aromatic heterocycles. The highest BCUT2D eigenvalue weighted by Gasteiger charge is 2.07. The number of hydrogen-bond acceptors (Lipinski definition) is 4. The van der Waals surface area contributed by atoms with E-state index < -0.39 is 0 Å². The SMILES string of the molecule is CNc1nc(C)c(CC(C)=O)s1. The van der Waals surface area contributed by atoms with Gasteiger partial charge in [0.1, 0.15) is 5.78 Å². The van der Waals surface area contributed by atoms with Crippen molar-refractivity contribution in [1.82, 2.24) is 4.98 Å². The van der Waals surface area contributed by atoms with Crippen molar-refractivity contribution in [3.05, 3.63) is 10.6 Å². The molecule has 0 aliphatic rings. The fraction of sp³-hybridized carbons (Fsp3) is 0.500. The summed E-state index contributed by atoms with van der Waals surface area (Å²) < 4.78 is 0. The first kappa shape index (κ1) is 9.19. The zero-order valence-corrected chi connectivity index (χ0v) is 8.29. The summed E-state index contributed by atoms with van der Waals surface area (Å²) >= 11 is 1.54. The lowest BCUT2D eigenvalue weighted by Gasteiger charge is -1.90. The summed E-state index contributed by atoms with van der Waals surface area (Å²) in [5.74, 6) is 0.185. The minimum atomic E-state index is 0.185. The molecule has 0 aliphatic heterocycles. The van der Waals surface area contributed by atoms with E-state index in [1.165, 1.54) is 0 Å². The summed E-state index contributed by atoms with van der Waals surface area (Å²) in [5.41, 5.74) is 0.958. The highest BCUT2D eigenvalue weighted by molar-refractivity contribution is 7.15. The highest BCUT2D eigenvalue weighted by Crippen LogP contribution is 2.22. The quantitative estimate of drug-likeness (QED) is 0.776. The average molecular weight is 184 g/mol. The average Bonchev–Trinajstić information content (AvgIpc) is 2.31. The molecule has 1 rings (SSSR count). The van der Waals surface area contributed by atoms with Gasteiger partial charge in [-0.25, -0.2) is 4.98 Å². The van der Waals surface area contributed by atoms with Gasteiger partial charge in [0.2, 0.25) is 0 Å². The van der Waals surface area contributed by atoms with E-state index in [0.717, 1.165) is 15.7 Å². The van der Waals surface area contributed by atoms with E-state index in [9.17, 15) is 4.79 Å². The van der Waals surface area contributed by atoms with E-state index in [2.05, 4.69) is 10.3 Å². The Bertz CT molecular complexity index is 293. The van der Waals surface area contributed by atoms with E-state index in [1.54, 1.807) is 18.3 Å². The third kappa shape index (κ3) is 2.04. The Kier molecular flexibility index (Phi) is 2.81. The summed E-state index contributed by atoms with van der Waals surface area (Å²) in [7, 11) is 1.83. The van der Waals surface area contributed by atoms with Crippen LogP contribution in [0.4, 0.5) is 5.13 Å². The monoisotopic (exact) mass is 184 g/mol. The molecule has 0 aliphatic carbocycles. The molecule has 1 N–H and O–H groups in total. The maximum absolute atomic E-state index is 10.8. The Morgan fingerprint density at radius 3 is 2.75 bits per heavy atom. The van der Waals surface area contributed by atoms with Crippen LogP contribution in [0.15, 0.2) is 0 Å². The number of carbonyl (C=O) groups excluding carboxylic acids is 1. The Morgan fingerprint density at radius 2 is 2.33 bits per heavy atom. The molecule has 1 aromatic rings. The van der Waals surface area contributed by atoms with Crippen molar-refractivity contribution >= 4 is 22.3 Å². The number of rotatable bonds is 3. The van der Waals surface area contributed by atoms with Crippen LogP contribution >= 0.6 is 11.3 Å². The second-order valence-electron chi connectivity index (χ2n) is 2.66. The zero-order valence-electron chi connectivity index (χ0n) is 7.47. The zero-order chi connectivity index (χ0) is 9.14. The molecule has 0 spiro atoms. The third-order valence-electron chi connectivity index (χ3n) is 1.52. The van der Waals surface area contributed by atoms with Gasteiger partial charge in [0.05, 0.1) is 5.69 Å². The van der Waals surface area contributed by atoms with Gasteiger partial charge < -0.3 is 5.32 Å². The van der Waals surface area contributed by atoms with Crippen molar-refractivity contribution in [3.8, 4) is 0 Å². The minimum absolute atomic E-state index is 0.185. The fourth-order valence-electron chi connectivity index (χ4n) is 0.925. The molecule has 0 saturated carbocycles. The molecule has 0 unspecified atom stereocenters. The maximum atomic E-state index is 10.8. The standard InChI is InChI=1S/C8H12N2OS/c1-5(11)4-7-6(2)10-8(9-3)12-7/h4H2,1-3H3,(H,9,10). The lowest BCUT2D eigenvalue weighted by Crippen LogP contribution is -1.95. The molecule has 3 nitrogen and oxygen atoms in total. The Hall–Kier alpha value is -0.900. The van der Waals surface area contributed by atoms with Crippen molar-refractivity contribution in [3.63, 3.8) is 0 Å². The van der Waals surface area contributed by atoms with Gasteiger partial charge in [0, 0.05) is 18.3 Å². The van der Waals surface area contributed by atoms with Gasteiger partial charge in [-0.2, -0.15) is 0 Å². The molecule has 4 heteroatoms. The second kappa shape index (κ2) is 3.67. The molecule has 0 fully saturated rings. The van der Waals surface area contributed by atoms with Crippen LogP contribution < -0.4 is 5.32 Å². The molecule has 1 heterocycles. The number of nitrogens with zero attached hydrogens (tertiary/aromatic N) is 1. The summed E-state index contributed by atoms with van der Waals surface area (Å²) in [4.78, 5) is 16.1. The van der Waals surface area contributed by atoms with Gasteiger partial charge in [-0.1, -0.05) is 0 Å². The van der Waals surface area contributed by atoms with Gasteiger partial charge in [0.15, 0.2) is 5.13 Å². The lowest BCUT2D eigenvalue weighted by atomic mass is 10.2. The highest BCUT2D eigenvalue weighted by atomic mass is 32.1. The summed E-state index contributed by atoms with van der Waals surface area (Å²) in [6, 6.07) is 0. The molecule has 66 valence electrons. The van der Waals surface area contributed by atoms with Crippen molar-refractivity contribution in [2.45, 2.75) is 20.3 Å². The van der Waals surface area contributed by atoms with Crippen molar-refractivity contribution < 1.29 is 4.79 Å². The maximum Gasteiger partial charge on any atom is 0.182 e. The molecule has 0 aromatic carbocycles. The van der Waals surface area contributed by atoms with E-state index in [-0.39, 0.29) is 5.78 Å². The lowest BCUT2D eigenvalue weighted by molar-refractivity contribution is -0.116. The molecule has 12 heavy (non-hydrogen) atoms. The first-order chi connectivity index (χ1) is 5.63. The minimum Gasteiger partial charge on any atom is -0.365 e. The number of anilines is 1. The molecular formula is C8H12N2OS. The predicted molar refractivity (Wildman–Crippen MR) is 50.8 cm³/mol. The first-order valence-electron chi connectivity index (χ1n) is 3.77. The number of aryl methyl sites for hydroxylation is 1. The first-order valence-corrected chi connectivity index (χ1v) is 4.58. The number of ketones is 1. The number of thiazole rings is 1. The second-order valence-corrected chi connectivity index (χ2v) is 3.74. The number of aromatic nitrogens is 1. The fourth-order valence-corrected chi connectivity index (χ4v) is 1.91. The number of nitrogens with one attached hydrogen (secondary N) is 1. The molecule has 0 atom stereocenters. The number of carbonyl (C=O) groups is 1. The van der Waals surface area contributed by atoms with Gasteiger partial charge in [-0.3, -0.25) is 4.79 Å².